The number of carboxylic acid groups (broad SMARTS) is 1. The second-order valence-electron chi connectivity index (χ2n) is 7.81. The van der Waals surface area contributed by atoms with Crippen molar-refractivity contribution in [1.29, 1.82) is 0 Å². The second kappa shape index (κ2) is 12.7. The monoisotopic (exact) mass is 605 g/mol. The van der Waals surface area contributed by atoms with Crippen LogP contribution in [0.2, 0.25) is 0 Å². The summed E-state index contributed by atoms with van der Waals surface area (Å²) in [5.41, 5.74) is 0.230. The minimum absolute atomic E-state index is 0.0526. The average Bonchev–Trinajstić information content (AvgIpc) is 3.29. The molecule has 16 nitrogen and oxygen atoms in total. The normalized spacial score (nSPS) is 11.9. The smallest absolute Gasteiger partial charge is 0.435 e. The van der Waals surface area contributed by atoms with Crippen molar-refractivity contribution in [3.63, 3.8) is 0 Å². The molecule has 1 amide bonds. The highest BCUT2D eigenvalue weighted by Gasteiger charge is 2.35. The van der Waals surface area contributed by atoms with Gasteiger partial charge in [0.25, 0.3) is 26.1 Å². The lowest BCUT2D eigenvalue weighted by atomic mass is 10.1. The molecule has 3 rings (SSSR count). The molecule has 41 heavy (non-hydrogen) atoms. The quantitative estimate of drug-likeness (QED) is 0.236. The van der Waals surface area contributed by atoms with Gasteiger partial charge >= 0.3 is 12.1 Å². The van der Waals surface area contributed by atoms with Crippen molar-refractivity contribution in [2.75, 3.05) is 0 Å². The van der Waals surface area contributed by atoms with Gasteiger partial charge in [-0.3, -0.25) is 14.4 Å². The molecule has 2 aromatic carbocycles. The van der Waals surface area contributed by atoms with Crippen LogP contribution < -0.4 is 4.72 Å². The lowest BCUT2D eigenvalue weighted by Gasteiger charge is -2.14. The molecule has 3 N–H and O–H groups in total. The summed E-state index contributed by atoms with van der Waals surface area (Å²) in [5.74, 6) is -3.27. The van der Waals surface area contributed by atoms with Gasteiger partial charge in [-0.05, 0) is 37.3 Å². The van der Waals surface area contributed by atoms with Gasteiger partial charge in [0.05, 0.1) is 22.7 Å². The van der Waals surface area contributed by atoms with E-state index >= 15 is 0 Å². The number of sulfonamides is 1. The Labute approximate surface area is 226 Å². The zero-order valence-electron chi connectivity index (χ0n) is 20.4. The first-order valence-electron chi connectivity index (χ1n) is 10.7. The highest BCUT2D eigenvalue weighted by atomic mass is 32.2. The highest BCUT2D eigenvalue weighted by Crippen LogP contribution is 2.33. The number of aromatic nitrogens is 2. The number of amides is 1. The number of alkyl halides is 3. The van der Waals surface area contributed by atoms with Gasteiger partial charge in [-0.1, -0.05) is 29.8 Å². The molecule has 0 aliphatic heterocycles. The lowest BCUT2D eigenvalue weighted by molar-refractivity contribution is -0.764. The second-order valence-corrected chi connectivity index (χ2v) is 9.49. The van der Waals surface area contributed by atoms with Gasteiger partial charge < -0.3 is 10.3 Å². The molecular formula is C21H18F3N5O11S. The molecule has 220 valence electrons. The van der Waals surface area contributed by atoms with Crippen LogP contribution in [0.1, 0.15) is 17.7 Å². The van der Waals surface area contributed by atoms with E-state index in [9.17, 15) is 41.3 Å². The summed E-state index contributed by atoms with van der Waals surface area (Å²) in [7, 11) is -4.66. The van der Waals surface area contributed by atoms with Crippen molar-refractivity contribution >= 4 is 21.9 Å². The van der Waals surface area contributed by atoms with Crippen molar-refractivity contribution in [3.8, 4) is 16.9 Å². The number of benzene rings is 2. The van der Waals surface area contributed by atoms with E-state index in [2.05, 4.69) is 9.94 Å². The van der Waals surface area contributed by atoms with Crippen molar-refractivity contribution in [3.05, 3.63) is 86.1 Å². The van der Waals surface area contributed by atoms with Crippen LogP contribution in [-0.4, -0.2) is 56.7 Å². The maximum Gasteiger partial charge on any atom is 0.435 e. The molecular weight excluding hydrogens is 587 g/mol. The zero-order chi connectivity index (χ0) is 31.1. The SMILES string of the molecule is Cc1ccc(-c2cc(C(F)(F)F)nn2-c2ccc(S(=O)(=O)NC(=O)C(CC(=O)O)O[N+](=O)[O-])cc2)cc1.O=[N+]([O-])O. The number of carboxylic acids is 1. The molecule has 0 bridgehead atoms. The maximum absolute atomic E-state index is 13.4. The zero-order valence-corrected chi connectivity index (χ0v) is 21.2. The summed E-state index contributed by atoms with van der Waals surface area (Å²) in [6, 6.07) is 11.6. The number of carbonyl (C=O) groups is 2. The topological polar surface area (TPSA) is 234 Å². The molecule has 0 radical (unpaired) electrons. The number of hydrogen-bond donors (Lipinski definition) is 3. The Morgan fingerprint density at radius 2 is 1.63 bits per heavy atom. The first-order valence-corrected chi connectivity index (χ1v) is 12.2. The van der Waals surface area contributed by atoms with Crippen molar-refractivity contribution < 1.29 is 56.5 Å². The Kier molecular flexibility index (Phi) is 9.91. The fourth-order valence-corrected chi connectivity index (χ4v) is 4.12. The number of nitrogens with zero attached hydrogens (tertiary/aromatic N) is 4. The van der Waals surface area contributed by atoms with Crippen molar-refractivity contribution in [1.82, 2.24) is 14.5 Å². The third-order valence-electron chi connectivity index (χ3n) is 4.84. The first-order chi connectivity index (χ1) is 18.9. The molecule has 1 heterocycles. The van der Waals surface area contributed by atoms with Gasteiger partial charge in [-0.15, -0.1) is 20.2 Å². The van der Waals surface area contributed by atoms with Crippen LogP contribution in [0.15, 0.2) is 59.5 Å². The average molecular weight is 605 g/mol. The summed E-state index contributed by atoms with van der Waals surface area (Å²) in [4.78, 5) is 45.2. The predicted molar refractivity (Wildman–Crippen MR) is 127 cm³/mol. The van der Waals surface area contributed by atoms with Crippen LogP contribution in [-0.2, 0) is 30.6 Å². The van der Waals surface area contributed by atoms with Gasteiger partial charge in [0.2, 0.25) is 0 Å². The van der Waals surface area contributed by atoms with Crippen molar-refractivity contribution in [2.24, 2.45) is 0 Å². The Hall–Kier alpha value is -5.27. The molecule has 0 spiro atoms. The van der Waals surface area contributed by atoms with Crippen LogP contribution in [0.25, 0.3) is 16.9 Å². The van der Waals surface area contributed by atoms with Crippen LogP contribution in [0.3, 0.4) is 0 Å². The van der Waals surface area contributed by atoms with E-state index in [4.69, 9.17) is 20.4 Å². The molecule has 0 aliphatic carbocycles. The number of hydrogen-bond acceptors (Lipinski definition) is 10. The molecule has 1 aromatic heterocycles. The van der Waals surface area contributed by atoms with E-state index in [1.54, 1.807) is 31.2 Å². The maximum atomic E-state index is 13.4. The highest BCUT2D eigenvalue weighted by molar-refractivity contribution is 7.90. The summed E-state index contributed by atoms with van der Waals surface area (Å²) >= 11 is 0. The Morgan fingerprint density at radius 3 is 2.10 bits per heavy atom. The van der Waals surface area contributed by atoms with E-state index in [-0.39, 0.29) is 11.4 Å². The molecule has 1 unspecified atom stereocenters. The van der Waals surface area contributed by atoms with Gasteiger partial charge in [0.1, 0.15) is 0 Å². The minimum atomic E-state index is -4.75. The van der Waals surface area contributed by atoms with Crippen LogP contribution >= 0.6 is 0 Å². The number of halogens is 3. The first kappa shape index (κ1) is 31.9. The fourth-order valence-electron chi connectivity index (χ4n) is 3.11. The molecule has 3 aromatic rings. The number of carbonyl (C=O) groups excluding carboxylic acids is 1. The number of aryl methyl sites for hydroxylation is 1. The molecule has 0 saturated carbocycles. The van der Waals surface area contributed by atoms with Crippen LogP contribution in [0.5, 0.6) is 0 Å². The van der Waals surface area contributed by atoms with Gasteiger partial charge in [0, 0.05) is 5.56 Å². The van der Waals surface area contributed by atoms with Gasteiger partial charge in [-0.25, -0.2) is 17.8 Å². The lowest BCUT2D eigenvalue weighted by Crippen LogP contribution is -2.42. The molecule has 1 atom stereocenters. The third-order valence-corrected chi connectivity index (χ3v) is 6.20. The number of rotatable bonds is 9. The summed E-state index contributed by atoms with van der Waals surface area (Å²) in [5, 5.41) is 35.1. The van der Waals surface area contributed by atoms with E-state index in [0.717, 1.165) is 40.6 Å². The van der Waals surface area contributed by atoms with Crippen LogP contribution in [0, 0.1) is 27.2 Å². The Bertz CT molecular complexity index is 1520. The van der Waals surface area contributed by atoms with E-state index < -0.39 is 61.4 Å². The third kappa shape index (κ3) is 9.16. The number of aliphatic carboxylic acids is 1. The van der Waals surface area contributed by atoms with E-state index in [1.807, 2.05) is 0 Å². The van der Waals surface area contributed by atoms with Gasteiger partial charge in [-0.2, -0.15) is 18.3 Å². The summed E-state index contributed by atoms with van der Waals surface area (Å²) < 4.78 is 67.6. The van der Waals surface area contributed by atoms with Crippen LogP contribution in [0.4, 0.5) is 13.2 Å². The fraction of sp³-hybridized carbons (Fsp3) is 0.190. The standard InChI is InChI=1S/C21H17F3N4O8S.HNO3/c1-12-2-4-13(5-3-12)16-10-18(21(22,23)24)25-27(16)14-6-8-15(9-7-14)37(34,35)26-20(31)17(11-19(29)30)36-28(32)33;2-1(3)4/h2-10,17H,11H2,1H3,(H,26,31)(H,29,30);(H,2,3,4). The Balaban J connectivity index is 0.00000138. The van der Waals surface area contributed by atoms with Gasteiger partial charge in [0.15, 0.2) is 11.8 Å². The number of nitrogens with one attached hydrogen (secondary N) is 1. The molecule has 0 aliphatic rings. The Morgan fingerprint density at radius 1 is 1.10 bits per heavy atom. The molecule has 0 fully saturated rings. The van der Waals surface area contributed by atoms with E-state index in [0.29, 0.717) is 5.56 Å². The molecule has 20 heteroatoms. The summed E-state index contributed by atoms with van der Waals surface area (Å²) in [6.45, 7) is 1.80. The minimum Gasteiger partial charge on any atom is -0.481 e. The largest absolute Gasteiger partial charge is 0.481 e. The summed E-state index contributed by atoms with van der Waals surface area (Å²) in [6.07, 6.45) is -8.19. The van der Waals surface area contributed by atoms with Crippen molar-refractivity contribution in [2.45, 2.75) is 30.5 Å². The molecule has 0 saturated heterocycles. The predicted octanol–water partition coefficient (Wildman–Crippen LogP) is 2.38. The van der Waals surface area contributed by atoms with E-state index in [1.165, 1.54) is 4.72 Å².